The van der Waals surface area contributed by atoms with Crippen LogP contribution in [0.25, 0.3) is 21.9 Å². The first kappa shape index (κ1) is 31.4. The molecule has 2 aromatic heterocycles. The first-order chi connectivity index (χ1) is 20.3. The number of carboxylic acid groups (broad SMARTS) is 2. The van der Waals surface area contributed by atoms with Gasteiger partial charge in [-0.05, 0) is 47.5 Å². The minimum atomic E-state index is -1.18. The van der Waals surface area contributed by atoms with Gasteiger partial charge in [0.05, 0.1) is 23.7 Å². The van der Waals surface area contributed by atoms with Crippen molar-refractivity contribution < 1.29 is 38.2 Å². The third-order valence-electron chi connectivity index (χ3n) is 6.48. The van der Waals surface area contributed by atoms with Crippen molar-refractivity contribution >= 4 is 83.2 Å². The molecule has 0 saturated carbocycles. The monoisotopic (exact) mass is 598 g/mol. The Labute approximate surface area is 275 Å². The standard InChI is InChI=1S/2C17H12O4.Ca/c2*18-15(19)10-11-8-13-6-7-21-17(13)14(9-11)16(20)12-4-2-1-3-5-12;/h2*1-9H,10H2,(H,18,19);/q;;+2/p-2. The first-order valence-corrected chi connectivity index (χ1v) is 12.9. The van der Waals surface area contributed by atoms with Crippen molar-refractivity contribution in [3.05, 3.63) is 143 Å². The van der Waals surface area contributed by atoms with E-state index in [1.807, 2.05) is 12.1 Å². The largest absolute Gasteiger partial charge is 2.00 e. The van der Waals surface area contributed by atoms with E-state index in [1.165, 1.54) is 12.5 Å². The number of fused-ring (bicyclic) bond motifs is 2. The summed E-state index contributed by atoms with van der Waals surface area (Å²) in [6.07, 6.45) is 2.48. The number of carboxylic acids is 2. The predicted octanol–water partition coefficient (Wildman–Crippen LogP) is 3.53. The molecule has 0 unspecified atom stereocenters. The van der Waals surface area contributed by atoms with Crippen molar-refractivity contribution in [2.45, 2.75) is 12.8 Å². The molecular weight excluding hydrogens is 576 g/mol. The van der Waals surface area contributed by atoms with E-state index >= 15 is 0 Å². The second-order valence-corrected chi connectivity index (χ2v) is 9.45. The average molecular weight is 599 g/mol. The second kappa shape index (κ2) is 14.1. The van der Waals surface area contributed by atoms with Gasteiger partial charge in [0.1, 0.15) is 11.2 Å². The van der Waals surface area contributed by atoms with Gasteiger partial charge in [0.25, 0.3) is 0 Å². The number of carbonyl (C=O) groups is 4. The van der Waals surface area contributed by atoms with Crippen LogP contribution in [0.15, 0.2) is 118 Å². The van der Waals surface area contributed by atoms with E-state index in [4.69, 9.17) is 8.83 Å². The molecule has 0 saturated heterocycles. The minimum Gasteiger partial charge on any atom is -0.550 e. The van der Waals surface area contributed by atoms with Crippen molar-refractivity contribution in [1.82, 2.24) is 0 Å². The molecule has 208 valence electrons. The molecular formula is C34H22CaO8. The summed E-state index contributed by atoms with van der Waals surface area (Å²) in [4.78, 5) is 46.7. The summed E-state index contributed by atoms with van der Waals surface area (Å²) in [6.45, 7) is 0. The van der Waals surface area contributed by atoms with Crippen molar-refractivity contribution in [1.29, 1.82) is 0 Å². The van der Waals surface area contributed by atoms with E-state index in [9.17, 15) is 29.4 Å². The summed E-state index contributed by atoms with van der Waals surface area (Å²) in [5, 5.41) is 23.0. The molecule has 0 N–H and O–H groups in total. The Balaban J connectivity index is 0.000000192. The minimum absolute atomic E-state index is 0. The molecule has 6 aromatic rings. The Morgan fingerprint density at radius 3 is 1.26 bits per heavy atom. The molecule has 0 fully saturated rings. The predicted molar refractivity (Wildman–Crippen MR) is 155 cm³/mol. The summed E-state index contributed by atoms with van der Waals surface area (Å²) in [7, 11) is 0. The van der Waals surface area contributed by atoms with E-state index in [1.54, 1.807) is 84.9 Å². The number of hydrogen-bond donors (Lipinski definition) is 0. The van der Waals surface area contributed by atoms with Crippen molar-refractivity contribution in [2.24, 2.45) is 0 Å². The number of aliphatic carboxylic acids is 2. The van der Waals surface area contributed by atoms with Gasteiger partial charge in [-0.25, -0.2) is 0 Å². The van der Waals surface area contributed by atoms with Gasteiger partial charge in [-0.15, -0.1) is 0 Å². The van der Waals surface area contributed by atoms with Gasteiger partial charge in [-0.3, -0.25) is 9.59 Å². The van der Waals surface area contributed by atoms with Crippen LogP contribution in [0.3, 0.4) is 0 Å². The molecule has 0 aliphatic rings. The molecule has 0 atom stereocenters. The summed E-state index contributed by atoms with van der Waals surface area (Å²) < 4.78 is 10.7. The van der Waals surface area contributed by atoms with Gasteiger partial charge >= 0.3 is 37.7 Å². The van der Waals surface area contributed by atoms with E-state index in [0.717, 1.165) is 0 Å². The second-order valence-electron chi connectivity index (χ2n) is 9.45. The molecule has 43 heavy (non-hydrogen) atoms. The summed E-state index contributed by atoms with van der Waals surface area (Å²) in [5.74, 6) is -2.77. The zero-order valence-electron chi connectivity index (χ0n) is 22.8. The van der Waals surface area contributed by atoms with E-state index < -0.39 is 11.9 Å². The molecule has 0 amide bonds. The summed E-state index contributed by atoms with van der Waals surface area (Å²) >= 11 is 0. The molecule has 2 heterocycles. The maximum Gasteiger partial charge on any atom is 2.00 e. The number of rotatable bonds is 8. The Kier molecular flexibility index (Phi) is 10.3. The fourth-order valence-corrected chi connectivity index (χ4v) is 4.65. The quantitative estimate of drug-likeness (QED) is 0.191. The zero-order valence-corrected chi connectivity index (χ0v) is 25.0. The van der Waals surface area contributed by atoms with Crippen LogP contribution in [-0.2, 0) is 22.4 Å². The SMILES string of the molecule is O=C([O-])Cc1cc(C(=O)c2ccccc2)c2occc2c1.O=C([O-])Cc1cc(C(=O)c2ccccc2)c2occc2c1.[Ca+2]. The molecule has 9 heteroatoms. The third-order valence-corrected chi connectivity index (χ3v) is 6.48. The van der Waals surface area contributed by atoms with Crippen LogP contribution in [0.4, 0.5) is 0 Å². The van der Waals surface area contributed by atoms with Gasteiger partial charge in [0.2, 0.25) is 0 Å². The molecule has 8 nitrogen and oxygen atoms in total. The van der Waals surface area contributed by atoms with Crippen LogP contribution in [0.2, 0.25) is 0 Å². The molecule has 0 spiro atoms. The Morgan fingerprint density at radius 2 is 0.907 bits per heavy atom. The number of ketones is 2. The molecule has 4 aromatic carbocycles. The fourth-order valence-electron chi connectivity index (χ4n) is 4.65. The Hall–Kier alpha value is -4.50. The Bertz CT molecular complexity index is 1780. The smallest absolute Gasteiger partial charge is 0.550 e. The maximum absolute atomic E-state index is 12.6. The number of hydrogen-bond acceptors (Lipinski definition) is 8. The summed E-state index contributed by atoms with van der Waals surface area (Å²) in [5.41, 5.74) is 3.74. The van der Waals surface area contributed by atoms with Gasteiger partial charge in [0, 0.05) is 46.7 Å². The van der Waals surface area contributed by atoms with Crippen LogP contribution in [0.5, 0.6) is 0 Å². The maximum atomic E-state index is 12.6. The number of carbonyl (C=O) groups excluding carboxylic acids is 4. The normalized spacial score (nSPS) is 10.4. The molecule has 0 bridgehead atoms. The molecule has 0 radical (unpaired) electrons. The van der Waals surface area contributed by atoms with Gasteiger partial charge in [-0.2, -0.15) is 0 Å². The van der Waals surface area contributed by atoms with Crippen molar-refractivity contribution in [3.63, 3.8) is 0 Å². The number of benzene rings is 4. The fraction of sp³-hybridized carbons (Fsp3) is 0.0588. The van der Waals surface area contributed by atoms with Crippen LogP contribution in [0, 0.1) is 0 Å². The third kappa shape index (κ3) is 7.48. The van der Waals surface area contributed by atoms with E-state index in [2.05, 4.69) is 0 Å². The first-order valence-electron chi connectivity index (χ1n) is 12.9. The van der Waals surface area contributed by atoms with E-state index in [0.29, 0.717) is 55.3 Å². The molecule has 6 rings (SSSR count). The van der Waals surface area contributed by atoms with Crippen LogP contribution < -0.4 is 10.2 Å². The molecule has 0 aliphatic carbocycles. The van der Waals surface area contributed by atoms with Gasteiger partial charge in [0.15, 0.2) is 11.6 Å². The van der Waals surface area contributed by atoms with Crippen LogP contribution in [-0.4, -0.2) is 61.2 Å². The van der Waals surface area contributed by atoms with E-state index in [-0.39, 0.29) is 62.1 Å². The number of furan rings is 2. The van der Waals surface area contributed by atoms with Gasteiger partial charge in [-0.1, -0.05) is 60.7 Å². The summed E-state index contributed by atoms with van der Waals surface area (Å²) in [6, 6.07) is 27.5. The average Bonchev–Trinajstić information content (AvgIpc) is 3.66. The van der Waals surface area contributed by atoms with Crippen LogP contribution >= 0.6 is 0 Å². The zero-order chi connectivity index (χ0) is 29.6. The van der Waals surface area contributed by atoms with Crippen LogP contribution in [0.1, 0.15) is 43.0 Å². The topological polar surface area (TPSA) is 141 Å². The van der Waals surface area contributed by atoms with Crippen molar-refractivity contribution in [2.75, 3.05) is 0 Å². The van der Waals surface area contributed by atoms with Crippen molar-refractivity contribution in [3.8, 4) is 0 Å². The Morgan fingerprint density at radius 1 is 0.535 bits per heavy atom. The van der Waals surface area contributed by atoms with Gasteiger partial charge < -0.3 is 28.6 Å². The molecule has 0 aliphatic heterocycles.